The Morgan fingerprint density at radius 3 is 2.36 bits per heavy atom. The summed E-state index contributed by atoms with van der Waals surface area (Å²) in [6, 6.07) is 0.258. The van der Waals surface area contributed by atoms with Crippen molar-refractivity contribution in [1.29, 1.82) is 0 Å². The first-order chi connectivity index (χ1) is 6.56. The lowest BCUT2D eigenvalue weighted by molar-refractivity contribution is -0.120. The van der Waals surface area contributed by atoms with Gasteiger partial charge in [-0.25, -0.2) is 0 Å². The van der Waals surface area contributed by atoms with Crippen LogP contribution in [0.4, 0.5) is 0 Å². The van der Waals surface area contributed by atoms with Crippen LogP contribution in [-0.2, 0) is 9.53 Å². The predicted molar refractivity (Wildman–Crippen MR) is 58.4 cm³/mol. The second-order valence-electron chi connectivity index (χ2n) is 3.88. The third-order valence-electron chi connectivity index (χ3n) is 2.78. The van der Waals surface area contributed by atoms with E-state index in [0.29, 0.717) is 12.3 Å². The van der Waals surface area contributed by atoms with E-state index >= 15 is 0 Å². The van der Waals surface area contributed by atoms with Crippen LogP contribution >= 0.6 is 0 Å². The highest BCUT2D eigenvalue weighted by atomic mass is 16.5. The lowest BCUT2D eigenvalue weighted by Gasteiger charge is -2.29. The van der Waals surface area contributed by atoms with Gasteiger partial charge in [0.1, 0.15) is 5.78 Å². The number of ether oxygens (including phenoxy) is 1. The van der Waals surface area contributed by atoms with Gasteiger partial charge in [-0.05, 0) is 19.9 Å². The largest absolute Gasteiger partial charge is 0.379 e. The lowest BCUT2D eigenvalue weighted by Crippen LogP contribution is -2.44. The van der Waals surface area contributed by atoms with E-state index in [2.05, 4.69) is 19.2 Å². The minimum absolute atomic E-state index is 0.00699. The van der Waals surface area contributed by atoms with Crippen molar-refractivity contribution in [2.24, 2.45) is 5.92 Å². The van der Waals surface area contributed by atoms with E-state index in [4.69, 9.17) is 4.74 Å². The summed E-state index contributed by atoms with van der Waals surface area (Å²) in [5.74, 6) is 0.699. The molecule has 3 heteroatoms. The number of carbonyl (C=O) groups is 1. The predicted octanol–water partition coefficient (Wildman–Crippen LogP) is 1.61. The number of methoxy groups -OCH3 is 1. The Balaban J connectivity index is 4.35. The Bertz CT molecular complexity index is 171. The van der Waals surface area contributed by atoms with Gasteiger partial charge in [-0.2, -0.15) is 0 Å². The van der Waals surface area contributed by atoms with Gasteiger partial charge in [0.05, 0.1) is 6.10 Å². The van der Waals surface area contributed by atoms with Crippen LogP contribution in [0.25, 0.3) is 0 Å². The minimum atomic E-state index is -0.00699. The van der Waals surface area contributed by atoms with Crippen molar-refractivity contribution >= 4 is 5.78 Å². The van der Waals surface area contributed by atoms with Crippen LogP contribution in [0.5, 0.6) is 0 Å². The van der Waals surface area contributed by atoms with E-state index in [1.54, 1.807) is 14.0 Å². The van der Waals surface area contributed by atoms with E-state index in [1.165, 1.54) is 0 Å². The molecule has 0 aromatic heterocycles. The van der Waals surface area contributed by atoms with Gasteiger partial charge in [-0.3, -0.25) is 4.79 Å². The monoisotopic (exact) mass is 201 g/mol. The maximum absolute atomic E-state index is 11.0. The average Bonchev–Trinajstić information content (AvgIpc) is 2.16. The number of Topliss-reactive ketones (excluding diaryl/α,β-unsaturated/α-hetero) is 1. The first-order valence-electron chi connectivity index (χ1n) is 5.26. The van der Waals surface area contributed by atoms with Crippen molar-refractivity contribution < 1.29 is 9.53 Å². The molecule has 84 valence electrons. The lowest BCUT2D eigenvalue weighted by atomic mass is 9.92. The molecule has 14 heavy (non-hydrogen) atoms. The van der Waals surface area contributed by atoms with E-state index in [1.807, 2.05) is 7.05 Å². The molecule has 0 unspecified atom stereocenters. The quantitative estimate of drug-likeness (QED) is 0.680. The zero-order chi connectivity index (χ0) is 11.1. The second-order valence-corrected chi connectivity index (χ2v) is 3.88. The molecular formula is C11H23NO2. The third-order valence-corrected chi connectivity index (χ3v) is 2.78. The van der Waals surface area contributed by atoms with Crippen molar-refractivity contribution in [3.8, 4) is 0 Å². The fourth-order valence-corrected chi connectivity index (χ4v) is 1.73. The number of rotatable bonds is 7. The number of nitrogens with one attached hydrogen (secondary N) is 1. The van der Waals surface area contributed by atoms with E-state index in [0.717, 1.165) is 6.42 Å². The highest BCUT2D eigenvalue weighted by Gasteiger charge is 2.25. The van der Waals surface area contributed by atoms with Gasteiger partial charge >= 0.3 is 0 Å². The number of likely N-dealkylation sites (N-methyl/N-ethyl adjacent to an activating group) is 1. The van der Waals surface area contributed by atoms with Crippen LogP contribution in [0, 0.1) is 5.92 Å². The molecule has 0 aromatic carbocycles. The Labute approximate surface area is 87.2 Å². The Kier molecular flexibility index (Phi) is 6.75. The topological polar surface area (TPSA) is 38.3 Å². The van der Waals surface area contributed by atoms with Gasteiger partial charge in [-0.15, -0.1) is 0 Å². The minimum Gasteiger partial charge on any atom is -0.379 e. The van der Waals surface area contributed by atoms with Crippen molar-refractivity contribution in [3.05, 3.63) is 0 Å². The second kappa shape index (κ2) is 6.96. The molecule has 3 nitrogen and oxygen atoms in total. The number of hydrogen-bond acceptors (Lipinski definition) is 3. The average molecular weight is 201 g/mol. The SMILES string of the molecule is CC[C@H](C)[C@H](NC)[C@@H](CC(C)=O)OC. The number of carbonyl (C=O) groups excluding carboxylic acids is 1. The summed E-state index contributed by atoms with van der Waals surface area (Å²) < 4.78 is 5.35. The summed E-state index contributed by atoms with van der Waals surface area (Å²) in [7, 11) is 3.59. The maximum Gasteiger partial charge on any atom is 0.132 e. The van der Waals surface area contributed by atoms with Crippen LogP contribution in [0.1, 0.15) is 33.6 Å². The fourth-order valence-electron chi connectivity index (χ4n) is 1.73. The van der Waals surface area contributed by atoms with Crippen LogP contribution < -0.4 is 5.32 Å². The molecule has 0 amide bonds. The summed E-state index contributed by atoms with van der Waals surface area (Å²) in [5.41, 5.74) is 0. The van der Waals surface area contributed by atoms with Crippen molar-refractivity contribution in [1.82, 2.24) is 5.32 Å². The Morgan fingerprint density at radius 1 is 1.50 bits per heavy atom. The standard InChI is InChI=1S/C11H23NO2/c1-6-8(2)11(12-4)10(14-5)7-9(3)13/h8,10-12H,6-7H2,1-5H3/t8-,10+,11-/m0/s1. The van der Waals surface area contributed by atoms with Gasteiger partial charge in [0, 0.05) is 19.6 Å². The number of hydrogen-bond donors (Lipinski definition) is 1. The van der Waals surface area contributed by atoms with E-state index in [-0.39, 0.29) is 17.9 Å². The molecule has 0 heterocycles. The van der Waals surface area contributed by atoms with E-state index < -0.39 is 0 Å². The molecule has 0 aliphatic heterocycles. The summed E-state index contributed by atoms with van der Waals surface area (Å²) in [6.07, 6.45) is 1.57. The number of ketones is 1. The molecule has 1 N–H and O–H groups in total. The smallest absolute Gasteiger partial charge is 0.132 e. The normalized spacial score (nSPS) is 17.5. The molecular weight excluding hydrogens is 178 g/mol. The molecule has 0 saturated heterocycles. The van der Waals surface area contributed by atoms with Crippen LogP contribution in [0.3, 0.4) is 0 Å². The first-order valence-corrected chi connectivity index (χ1v) is 5.26. The van der Waals surface area contributed by atoms with Gasteiger partial charge in [0.2, 0.25) is 0 Å². The van der Waals surface area contributed by atoms with Crippen molar-refractivity contribution in [3.63, 3.8) is 0 Å². The molecule has 0 radical (unpaired) electrons. The summed E-state index contributed by atoms with van der Waals surface area (Å²) in [6.45, 7) is 5.93. The first kappa shape index (κ1) is 13.6. The van der Waals surface area contributed by atoms with Gasteiger partial charge in [-0.1, -0.05) is 20.3 Å². The van der Waals surface area contributed by atoms with Gasteiger partial charge in [0.15, 0.2) is 0 Å². The third kappa shape index (κ3) is 4.20. The van der Waals surface area contributed by atoms with Gasteiger partial charge < -0.3 is 10.1 Å². The highest BCUT2D eigenvalue weighted by Crippen LogP contribution is 2.15. The zero-order valence-electron chi connectivity index (χ0n) is 9.96. The Hall–Kier alpha value is -0.410. The fraction of sp³-hybridized carbons (Fsp3) is 0.909. The molecule has 3 atom stereocenters. The highest BCUT2D eigenvalue weighted by molar-refractivity contribution is 5.76. The molecule has 0 aromatic rings. The van der Waals surface area contributed by atoms with Crippen molar-refractivity contribution in [2.75, 3.05) is 14.2 Å². The summed E-state index contributed by atoms with van der Waals surface area (Å²) in [5, 5.41) is 3.23. The molecule has 0 aliphatic carbocycles. The van der Waals surface area contributed by atoms with Crippen molar-refractivity contribution in [2.45, 2.75) is 45.8 Å². The molecule has 0 spiro atoms. The molecule has 0 fully saturated rings. The molecule has 0 aliphatic rings. The molecule has 0 rings (SSSR count). The van der Waals surface area contributed by atoms with E-state index in [9.17, 15) is 4.79 Å². The van der Waals surface area contributed by atoms with Crippen LogP contribution in [0.2, 0.25) is 0 Å². The maximum atomic E-state index is 11.0. The Morgan fingerprint density at radius 2 is 2.07 bits per heavy atom. The molecule has 0 bridgehead atoms. The van der Waals surface area contributed by atoms with Gasteiger partial charge in [0.25, 0.3) is 0 Å². The zero-order valence-corrected chi connectivity index (χ0v) is 9.96. The van der Waals surface area contributed by atoms with Crippen LogP contribution in [0.15, 0.2) is 0 Å². The van der Waals surface area contributed by atoms with Crippen LogP contribution in [-0.4, -0.2) is 32.1 Å². The summed E-state index contributed by atoms with van der Waals surface area (Å²) >= 11 is 0. The molecule has 0 saturated carbocycles. The summed E-state index contributed by atoms with van der Waals surface area (Å²) in [4.78, 5) is 11.0.